The van der Waals surface area contributed by atoms with Crippen molar-refractivity contribution >= 4 is 34.2 Å². The molecule has 0 aliphatic carbocycles. The highest BCUT2D eigenvalue weighted by molar-refractivity contribution is 7.89. The fraction of sp³-hybridized carbons (Fsp3) is 0.353. The number of hydrogen-bond acceptors (Lipinski definition) is 6. The highest BCUT2D eigenvalue weighted by atomic mass is 35.5. The Labute approximate surface area is 168 Å². The third-order valence-electron chi connectivity index (χ3n) is 5.02. The maximum atomic E-state index is 13.3. The largest absolute Gasteiger partial charge is 0.337 e. The van der Waals surface area contributed by atoms with E-state index in [9.17, 15) is 18.0 Å². The number of aryl methyl sites for hydroxylation is 1. The van der Waals surface area contributed by atoms with Crippen LogP contribution in [-0.4, -0.2) is 65.7 Å². The van der Waals surface area contributed by atoms with Gasteiger partial charge < -0.3 is 9.88 Å². The minimum atomic E-state index is -3.88. The Bertz CT molecular complexity index is 1050. The number of imidazole rings is 1. The van der Waals surface area contributed by atoms with E-state index in [1.54, 1.807) is 17.0 Å². The van der Waals surface area contributed by atoms with Crippen LogP contribution in [-0.2, 0) is 17.1 Å². The third-order valence-corrected chi connectivity index (χ3v) is 6.92. The zero-order valence-electron chi connectivity index (χ0n) is 15.3. The van der Waals surface area contributed by atoms with E-state index in [0.29, 0.717) is 18.9 Å². The highest BCUT2D eigenvalue weighted by Crippen LogP contribution is 2.30. The molecular weight excluding hydrogens is 406 g/mol. The molecule has 3 heterocycles. The zero-order valence-corrected chi connectivity index (χ0v) is 17.0. The first kappa shape index (κ1) is 20.5. The number of piperazine rings is 1. The third kappa shape index (κ3) is 3.02. The molecule has 1 aromatic heterocycles. The predicted octanol–water partition coefficient (Wildman–Crippen LogP) is 0.403. The summed E-state index contributed by atoms with van der Waals surface area (Å²) in [6, 6.07) is 3.63. The molecule has 0 spiro atoms. The van der Waals surface area contributed by atoms with Gasteiger partial charge in [0.15, 0.2) is 0 Å². The number of carbonyl (C=O) groups is 2. The molecule has 1 saturated heterocycles. The molecule has 9 nitrogen and oxygen atoms in total. The van der Waals surface area contributed by atoms with Crippen LogP contribution in [0, 0.1) is 0 Å². The molecule has 1 atom stereocenters. The van der Waals surface area contributed by atoms with Crippen molar-refractivity contribution < 1.29 is 18.0 Å². The van der Waals surface area contributed by atoms with Gasteiger partial charge in [-0.2, -0.15) is 4.31 Å². The van der Waals surface area contributed by atoms with Crippen molar-refractivity contribution in [2.24, 2.45) is 7.05 Å². The second-order valence-electron chi connectivity index (χ2n) is 6.61. The number of nitrogens with one attached hydrogen (secondary N) is 1. The van der Waals surface area contributed by atoms with E-state index < -0.39 is 27.9 Å². The standard InChI is InChI=1S/C17H19N5O4S.ClH/c1-20-7-6-19-15(20)14-10-18-5-8-22(14)27(25,26)11-3-4-12-13(9-11)17(24)21(2)16(12)23;/h3-4,6-7,9,14,18H,5,8,10H2,1-2H3;1H. The lowest BCUT2D eigenvalue weighted by atomic mass is 10.1. The molecule has 1 N–H and O–H groups in total. The van der Waals surface area contributed by atoms with Crippen LogP contribution in [0.4, 0.5) is 0 Å². The van der Waals surface area contributed by atoms with Gasteiger partial charge in [-0.15, -0.1) is 12.4 Å². The van der Waals surface area contributed by atoms with Crippen molar-refractivity contribution in [2.45, 2.75) is 10.9 Å². The van der Waals surface area contributed by atoms with Gasteiger partial charge in [-0.25, -0.2) is 13.4 Å². The molecule has 0 radical (unpaired) electrons. The van der Waals surface area contributed by atoms with Crippen molar-refractivity contribution in [3.8, 4) is 0 Å². The Morgan fingerprint density at radius 2 is 1.86 bits per heavy atom. The van der Waals surface area contributed by atoms with E-state index in [1.807, 2.05) is 7.05 Å². The van der Waals surface area contributed by atoms with Crippen LogP contribution in [0.3, 0.4) is 0 Å². The molecule has 1 aromatic carbocycles. The minimum absolute atomic E-state index is 0. The van der Waals surface area contributed by atoms with Crippen molar-refractivity contribution in [1.82, 2.24) is 24.1 Å². The lowest BCUT2D eigenvalue weighted by Crippen LogP contribution is -2.49. The molecule has 0 bridgehead atoms. The molecular formula is C17H20ClN5O4S. The van der Waals surface area contributed by atoms with Crippen LogP contribution in [0.2, 0.25) is 0 Å². The summed E-state index contributed by atoms with van der Waals surface area (Å²) < 4.78 is 29.8. The molecule has 2 amide bonds. The number of aromatic nitrogens is 2. The lowest BCUT2D eigenvalue weighted by Gasteiger charge is -2.34. The Kier molecular flexibility index (Phi) is 5.32. The van der Waals surface area contributed by atoms with Gasteiger partial charge in [-0.05, 0) is 18.2 Å². The van der Waals surface area contributed by atoms with E-state index >= 15 is 0 Å². The second-order valence-corrected chi connectivity index (χ2v) is 8.50. The van der Waals surface area contributed by atoms with Crippen LogP contribution >= 0.6 is 12.4 Å². The second kappa shape index (κ2) is 7.28. The van der Waals surface area contributed by atoms with Gasteiger partial charge in [-0.1, -0.05) is 0 Å². The first-order valence-corrected chi connectivity index (χ1v) is 9.92. The summed E-state index contributed by atoms with van der Waals surface area (Å²) in [5, 5.41) is 3.20. The lowest BCUT2D eigenvalue weighted by molar-refractivity contribution is 0.0693. The number of rotatable bonds is 3. The summed E-state index contributed by atoms with van der Waals surface area (Å²) in [6.45, 7) is 1.24. The summed E-state index contributed by atoms with van der Waals surface area (Å²) in [4.78, 5) is 29.6. The Hall–Kier alpha value is -2.27. The zero-order chi connectivity index (χ0) is 19.3. The predicted molar refractivity (Wildman–Crippen MR) is 103 cm³/mol. The van der Waals surface area contributed by atoms with Crippen LogP contribution in [0.25, 0.3) is 0 Å². The van der Waals surface area contributed by atoms with Gasteiger partial charge in [-0.3, -0.25) is 14.5 Å². The number of imide groups is 1. The van der Waals surface area contributed by atoms with E-state index in [1.165, 1.54) is 29.6 Å². The van der Waals surface area contributed by atoms with Gasteiger partial charge in [0.1, 0.15) is 5.82 Å². The average molecular weight is 426 g/mol. The summed E-state index contributed by atoms with van der Waals surface area (Å²) >= 11 is 0. The molecule has 2 aliphatic heterocycles. The molecule has 1 unspecified atom stereocenters. The van der Waals surface area contributed by atoms with Crippen molar-refractivity contribution in [3.63, 3.8) is 0 Å². The van der Waals surface area contributed by atoms with Crippen molar-refractivity contribution in [1.29, 1.82) is 0 Å². The highest BCUT2D eigenvalue weighted by Gasteiger charge is 2.39. The average Bonchev–Trinajstić information content (AvgIpc) is 3.19. The number of carbonyl (C=O) groups excluding carboxylic acids is 2. The fourth-order valence-electron chi connectivity index (χ4n) is 3.53. The number of hydrogen-bond donors (Lipinski definition) is 1. The normalized spacial score (nSPS) is 20.2. The van der Waals surface area contributed by atoms with Gasteiger partial charge >= 0.3 is 0 Å². The Morgan fingerprint density at radius 3 is 2.54 bits per heavy atom. The number of halogens is 1. The van der Waals surface area contributed by atoms with Crippen LogP contribution in [0.15, 0.2) is 35.5 Å². The van der Waals surface area contributed by atoms with E-state index in [-0.39, 0.29) is 35.0 Å². The molecule has 2 aromatic rings. The SMILES string of the molecule is CN1C(=O)c2ccc(S(=O)(=O)N3CCNCC3c3nccn3C)cc2C1=O.Cl. The van der Waals surface area contributed by atoms with Gasteiger partial charge in [0, 0.05) is 46.1 Å². The number of fused-ring (bicyclic) bond motifs is 1. The van der Waals surface area contributed by atoms with E-state index in [4.69, 9.17) is 0 Å². The van der Waals surface area contributed by atoms with Crippen molar-refractivity contribution in [2.75, 3.05) is 26.7 Å². The molecule has 28 heavy (non-hydrogen) atoms. The smallest absolute Gasteiger partial charge is 0.261 e. The summed E-state index contributed by atoms with van der Waals surface area (Å²) in [7, 11) is -0.678. The van der Waals surface area contributed by atoms with E-state index in [2.05, 4.69) is 10.3 Å². The molecule has 11 heteroatoms. The molecule has 4 rings (SSSR count). The first-order chi connectivity index (χ1) is 12.8. The quantitative estimate of drug-likeness (QED) is 0.714. The molecule has 150 valence electrons. The summed E-state index contributed by atoms with van der Waals surface area (Å²) in [5.74, 6) is -0.280. The maximum Gasteiger partial charge on any atom is 0.261 e. The minimum Gasteiger partial charge on any atom is -0.337 e. The topological polar surface area (TPSA) is 105 Å². The van der Waals surface area contributed by atoms with Crippen molar-refractivity contribution in [3.05, 3.63) is 47.5 Å². The molecule has 0 saturated carbocycles. The van der Waals surface area contributed by atoms with Crippen LogP contribution < -0.4 is 5.32 Å². The molecule has 2 aliphatic rings. The van der Waals surface area contributed by atoms with E-state index in [0.717, 1.165) is 4.90 Å². The van der Waals surface area contributed by atoms with Crippen LogP contribution in [0.1, 0.15) is 32.6 Å². The number of sulfonamides is 1. The maximum absolute atomic E-state index is 13.3. The fourth-order valence-corrected chi connectivity index (χ4v) is 5.14. The van der Waals surface area contributed by atoms with Gasteiger partial charge in [0.05, 0.1) is 22.1 Å². The Morgan fingerprint density at radius 1 is 1.14 bits per heavy atom. The summed E-state index contributed by atoms with van der Waals surface area (Å²) in [6.07, 6.45) is 3.40. The monoisotopic (exact) mass is 425 g/mol. The number of amides is 2. The number of benzene rings is 1. The first-order valence-electron chi connectivity index (χ1n) is 8.48. The van der Waals surface area contributed by atoms with Gasteiger partial charge in [0.25, 0.3) is 11.8 Å². The molecule has 1 fully saturated rings. The van der Waals surface area contributed by atoms with Crippen LogP contribution in [0.5, 0.6) is 0 Å². The Balaban J connectivity index is 0.00000225. The van der Waals surface area contributed by atoms with Gasteiger partial charge in [0.2, 0.25) is 10.0 Å². The summed E-state index contributed by atoms with van der Waals surface area (Å²) in [5.41, 5.74) is 0.342. The number of nitrogens with zero attached hydrogens (tertiary/aromatic N) is 4.